The third kappa shape index (κ3) is 5.07. The van der Waals surface area contributed by atoms with Crippen molar-refractivity contribution in [2.45, 2.75) is 26.4 Å². The molecular weight excluding hydrogens is 390 g/mol. The van der Waals surface area contributed by atoms with E-state index in [-0.39, 0.29) is 18.1 Å². The number of methoxy groups -OCH3 is 2. The summed E-state index contributed by atoms with van der Waals surface area (Å²) in [5.41, 5.74) is 1.05. The Hall–Kier alpha value is -3.14. The number of amides is 1. The molecule has 0 unspecified atom stereocenters. The molecule has 0 spiro atoms. The van der Waals surface area contributed by atoms with Gasteiger partial charge in [0, 0.05) is 58.2 Å². The number of nitro groups is 1. The van der Waals surface area contributed by atoms with E-state index in [0.29, 0.717) is 25.5 Å². The first-order valence-electron chi connectivity index (χ1n) is 9.80. The number of hydrogen-bond donors (Lipinski definition) is 0. The largest absolute Gasteiger partial charge is 0.497 e. The van der Waals surface area contributed by atoms with Crippen molar-refractivity contribution in [1.82, 2.24) is 19.4 Å². The van der Waals surface area contributed by atoms with Crippen LogP contribution in [0.15, 0.2) is 24.4 Å². The second-order valence-electron chi connectivity index (χ2n) is 7.18. The highest BCUT2D eigenvalue weighted by atomic mass is 16.6. The van der Waals surface area contributed by atoms with Gasteiger partial charge in [0.15, 0.2) is 0 Å². The highest BCUT2D eigenvalue weighted by Crippen LogP contribution is 2.25. The monoisotopic (exact) mass is 417 g/mol. The molecule has 162 valence electrons. The molecule has 0 aliphatic carbocycles. The number of carbonyl (C=O) groups excluding carboxylic acids is 1. The van der Waals surface area contributed by atoms with Gasteiger partial charge < -0.3 is 29.1 Å². The number of carbonyl (C=O) groups is 1. The minimum atomic E-state index is -0.526. The number of nitrogens with zero attached hydrogens (tertiary/aromatic N) is 5. The summed E-state index contributed by atoms with van der Waals surface area (Å²) < 4.78 is 12.4. The number of aromatic nitrogens is 2. The van der Waals surface area contributed by atoms with Crippen molar-refractivity contribution in [3.8, 4) is 11.5 Å². The number of hydrogen-bond acceptors (Lipinski definition) is 7. The first-order chi connectivity index (χ1) is 14.4. The Morgan fingerprint density at radius 2 is 1.93 bits per heavy atom. The summed E-state index contributed by atoms with van der Waals surface area (Å²) >= 11 is 0. The molecule has 1 amide bonds. The molecule has 0 atom stereocenters. The van der Waals surface area contributed by atoms with E-state index in [0.717, 1.165) is 36.7 Å². The van der Waals surface area contributed by atoms with Gasteiger partial charge in [-0.1, -0.05) is 0 Å². The number of aryl methyl sites for hydroxylation is 2. The smallest absolute Gasteiger partial charge is 0.381 e. The number of benzene rings is 1. The van der Waals surface area contributed by atoms with Gasteiger partial charge in [0.05, 0.1) is 14.2 Å². The zero-order valence-electron chi connectivity index (χ0n) is 17.5. The summed E-state index contributed by atoms with van der Waals surface area (Å²) in [6.45, 7) is 5.63. The Kier molecular flexibility index (Phi) is 6.88. The van der Waals surface area contributed by atoms with Crippen LogP contribution >= 0.6 is 0 Å². The summed E-state index contributed by atoms with van der Waals surface area (Å²) in [5.74, 6) is 1.99. The first-order valence-corrected chi connectivity index (χ1v) is 9.80. The molecule has 0 N–H and O–H groups in total. The minimum absolute atomic E-state index is 0.0457. The topological polar surface area (TPSA) is 103 Å². The fourth-order valence-electron chi connectivity index (χ4n) is 3.58. The van der Waals surface area contributed by atoms with Gasteiger partial charge in [0.1, 0.15) is 17.7 Å². The Bertz CT molecular complexity index is 905. The highest BCUT2D eigenvalue weighted by molar-refractivity contribution is 5.76. The SMILES string of the molecule is COc1ccc(OC)c(CN2CCN(C(=O)CCn3cc([N+](=O)[O-])nc3C)CC2)c1. The van der Waals surface area contributed by atoms with Crippen molar-refractivity contribution < 1.29 is 19.2 Å². The van der Waals surface area contributed by atoms with E-state index in [1.165, 1.54) is 6.20 Å². The molecule has 2 heterocycles. The van der Waals surface area contributed by atoms with E-state index < -0.39 is 4.92 Å². The predicted molar refractivity (Wildman–Crippen MR) is 110 cm³/mol. The highest BCUT2D eigenvalue weighted by Gasteiger charge is 2.23. The molecule has 1 saturated heterocycles. The average molecular weight is 417 g/mol. The Morgan fingerprint density at radius 1 is 1.20 bits per heavy atom. The van der Waals surface area contributed by atoms with Crippen LogP contribution in [0.4, 0.5) is 5.82 Å². The van der Waals surface area contributed by atoms with Gasteiger partial charge >= 0.3 is 5.82 Å². The van der Waals surface area contributed by atoms with Gasteiger partial charge in [-0.2, -0.15) is 0 Å². The normalized spacial score (nSPS) is 14.6. The third-order valence-electron chi connectivity index (χ3n) is 5.32. The maximum absolute atomic E-state index is 12.6. The van der Waals surface area contributed by atoms with Crippen molar-refractivity contribution >= 4 is 11.7 Å². The fraction of sp³-hybridized carbons (Fsp3) is 0.500. The van der Waals surface area contributed by atoms with Crippen molar-refractivity contribution in [3.63, 3.8) is 0 Å². The van der Waals surface area contributed by atoms with Crippen LogP contribution in [0.5, 0.6) is 11.5 Å². The van der Waals surface area contributed by atoms with Crippen LogP contribution in [-0.2, 0) is 17.9 Å². The van der Waals surface area contributed by atoms with Crippen LogP contribution in [-0.4, -0.2) is 70.6 Å². The quantitative estimate of drug-likeness (QED) is 0.477. The molecule has 10 heteroatoms. The molecule has 1 aromatic heterocycles. The Morgan fingerprint density at radius 3 is 2.53 bits per heavy atom. The summed E-state index contributed by atoms with van der Waals surface area (Å²) in [6.07, 6.45) is 1.67. The third-order valence-corrected chi connectivity index (χ3v) is 5.32. The number of rotatable bonds is 8. The second-order valence-corrected chi connectivity index (χ2v) is 7.18. The van der Waals surface area contributed by atoms with E-state index in [1.54, 1.807) is 25.7 Å². The van der Waals surface area contributed by atoms with Crippen molar-refractivity contribution in [2.75, 3.05) is 40.4 Å². The zero-order valence-corrected chi connectivity index (χ0v) is 17.5. The standard InChI is InChI=1S/C20H27N5O5/c1-15-21-19(25(27)28)14-24(15)7-6-20(26)23-10-8-22(9-11-23)13-16-12-17(29-2)4-5-18(16)30-3/h4-5,12,14H,6-11,13H2,1-3H3. The van der Waals surface area contributed by atoms with E-state index >= 15 is 0 Å². The molecule has 3 rings (SSSR count). The molecule has 10 nitrogen and oxygen atoms in total. The maximum Gasteiger partial charge on any atom is 0.381 e. The van der Waals surface area contributed by atoms with Gasteiger partial charge in [0.2, 0.25) is 11.7 Å². The summed E-state index contributed by atoms with van der Waals surface area (Å²) in [4.78, 5) is 30.9. The van der Waals surface area contributed by atoms with E-state index in [9.17, 15) is 14.9 Å². The average Bonchev–Trinajstić information content (AvgIpc) is 3.13. The number of ether oxygens (including phenoxy) is 2. The zero-order chi connectivity index (χ0) is 21.7. The van der Waals surface area contributed by atoms with Crippen molar-refractivity contribution in [2.24, 2.45) is 0 Å². The number of imidazole rings is 1. The van der Waals surface area contributed by atoms with Gasteiger partial charge in [-0.25, -0.2) is 0 Å². The van der Waals surface area contributed by atoms with Crippen molar-refractivity contribution in [1.29, 1.82) is 0 Å². The lowest BCUT2D eigenvalue weighted by molar-refractivity contribution is -0.389. The van der Waals surface area contributed by atoms with Crippen LogP contribution in [0.25, 0.3) is 0 Å². The molecule has 0 bridgehead atoms. The minimum Gasteiger partial charge on any atom is -0.497 e. The van der Waals surface area contributed by atoms with Gasteiger partial charge in [-0.3, -0.25) is 9.69 Å². The van der Waals surface area contributed by atoms with E-state index in [2.05, 4.69) is 9.88 Å². The molecule has 1 aliphatic heterocycles. The molecule has 2 aromatic rings. The predicted octanol–water partition coefficient (Wildman–Crippen LogP) is 1.85. The van der Waals surface area contributed by atoms with Crippen LogP contribution in [0.2, 0.25) is 0 Å². The van der Waals surface area contributed by atoms with Gasteiger partial charge in [-0.05, 0) is 28.1 Å². The Labute approximate surface area is 175 Å². The van der Waals surface area contributed by atoms with Gasteiger partial charge in [0.25, 0.3) is 0 Å². The molecule has 1 aliphatic rings. The van der Waals surface area contributed by atoms with E-state index in [4.69, 9.17) is 9.47 Å². The molecule has 1 aromatic carbocycles. The lowest BCUT2D eigenvalue weighted by Gasteiger charge is -2.35. The maximum atomic E-state index is 12.6. The molecule has 1 fully saturated rings. The summed E-state index contributed by atoms with van der Waals surface area (Å²) in [6, 6.07) is 5.74. The lowest BCUT2D eigenvalue weighted by Crippen LogP contribution is -2.48. The van der Waals surface area contributed by atoms with Crippen LogP contribution < -0.4 is 9.47 Å². The summed E-state index contributed by atoms with van der Waals surface area (Å²) in [5, 5.41) is 10.8. The second kappa shape index (κ2) is 9.57. The molecule has 30 heavy (non-hydrogen) atoms. The first kappa shape index (κ1) is 21.6. The van der Waals surface area contributed by atoms with Crippen LogP contribution in [0, 0.1) is 17.0 Å². The fourth-order valence-corrected chi connectivity index (χ4v) is 3.58. The van der Waals surface area contributed by atoms with Crippen molar-refractivity contribution in [3.05, 3.63) is 45.9 Å². The van der Waals surface area contributed by atoms with Gasteiger partial charge in [-0.15, -0.1) is 0 Å². The summed E-state index contributed by atoms with van der Waals surface area (Å²) in [7, 11) is 3.29. The molecule has 0 radical (unpaired) electrons. The van der Waals surface area contributed by atoms with Crippen LogP contribution in [0.1, 0.15) is 17.8 Å². The van der Waals surface area contributed by atoms with E-state index in [1.807, 2.05) is 23.1 Å². The molecular formula is C20H27N5O5. The Balaban J connectivity index is 1.50. The molecule has 0 saturated carbocycles. The number of piperazine rings is 1. The van der Waals surface area contributed by atoms with Crippen LogP contribution in [0.3, 0.4) is 0 Å². The lowest BCUT2D eigenvalue weighted by atomic mass is 10.1.